The van der Waals surface area contributed by atoms with E-state index < -0.39 is 5.92 Å². The van der Waals surface area contributed by atoms with Crippen LogP contribution in [-0.4, -0.2) is 36.8 Å². The third kappa shape index (κ3) is 3.78. The molecule has 0 bridgehead atoms. The summed E-state index contributed by atoms with van der Waals surface area (Å²) in [5.41, 5.74) is 4.34. The van der Waals surface area contributed by atoms with E-state index in [0.717, 1.165) is 28.0 Å². The number of pyridine rings is 1. The maximum Gasteiger partial charge on any atom is 0.244 e. The van der Waals surface area contributed by atoms with Crippen molar-refractivity contribution >= 4 is 17.1 Å². The second-order valence-corrected chi connectivity index (χ2v) is 7.68. The molecule has 0 spiro atoms. The van der Waals surface area contributed by atoms with E-state index in [0.29, 0.717) is 13.0 Å². The van der Waals surface area contributed by atoms with Gasteiger partial charge >= 0.3 is 0 Å². The molecule has 1 unspecified atom stereocenters. The molecule has 1 amide bonds. The van der Waals surface area contributed by atoms with Crippen LogP contribution >= 0.6 is 0 Å². The minimum atomic E-state index is -0.569. The summed E-state index contributed by atoms with van der Waals surface area (Å²) in [5, 5.41) is 17.9. The maximum absolute atomic E-state index is 12.5. The summed E-state index contributed by atoms with van der Waals surface area (Å²) in [7, 11) is 0. The summed E-state index contributed by atoms with van der Waals surface area (Å²) >= 11 is 0. The number of carbonyl (C=O) groups is 1. The minimum Gasteiger partial charge on any atom is -0.309 e. The summed E-state index contributed by atoms with van der Waals surface area (Å²) in [6.07, 6.45) is 15.8. The number of carbonyl (C=O) groups excluding carboxylic acids is 1. The lowest BCUT2D eigenvalue weighted by molar-refractivity contribution is -0.118. The molecule has 1 aliphatic heterocycles. The zero-order valence-electron chi connectivity index (χ0n) is 16.9. The minimum absolute atomic E-state index is 0.150. The molecule has 4 aromatic heterocycles. The Morgan fingerprint density at radius 2 is 1.90 bits per heavy atom. The molecule has 0 N–H and O–H groups in total. The zero-order valence-corrected chi connectivity index (χ0v) is 16.9. The molecule has 5 heterocycles. The molecule has 1 atom stereocenters. The van der Waals surface area contributed by atoms with Gasteiger partial charge in [0.05, 0.1) is 35.4 Å². The number of nitriles is 1. The Bertz CT molecular complexity index is 1260. The predicted octanol–water partition coefficient (Wildman–Crippen LogP) is 3.63. The van der Waals surface area contributed by atoms with Crippen molar-refractivity contribution in [2.45, 2.75) is 25.7 Å². The highest BCUT2D eigenvalue weighted by molar-refractivity contribution is 6.02. The third-order valence-corrected chi connectivity index (χ3v) is 5.32. The first-order chi connectivity index (χ1) is 15.2. The average Bonchev–Trinajstić information content (AvgIpc) is 3.35. The Hall–Kier alpha value is -3.99. The summed E-state index contributed by atoms with van der Waals surface area (Å²) in [6.45, 7) is 0.538. The normalized spacial score (nSPS) is 17.3. The second-order valence-electron chi connectivity index (χ2n) is 7.68. The van der Waals surface area contributed by atoms with Gasteiger partial charge in [-0.25, -0.2) is 9.20 Å². The Morgan fingerprint density at radius 3 is 2.61 bits per heavy atom. The number of aromatic nitrogens is 5. The summed E-state index contributed by atoms with van der Waals surface area (Å²) < 4.78 is 3.51. The van der Waals surface area contributed by atoms with Crippen molar-refractivity contribution in [3.63, 3.8) is 0 Å². The fourth-order valence-electron chi connectivity index (χ4n) is 3.53. The van der Waals surface area contributed by atoms with E-state index in [-0.39, 0.29) is 5.91 Å². The van der Waals surface area contributed by atoms with Gasteiger partial charge in [-0.3, -0.25) is 9.78 Å². The Kier molecular flexibility index (Phi) is 4.92. The van der Waals surface area contributed by atoms with Crippen LogP contribution in [0.1, 0.15) is 25.7 Å². The first kappa shape index (κ1) is 19.0. The van der Waals surface area contributed by atoms with E-state index in [4.69, 9.17) is 5.26 Å². The predicted molar refractivity (Wildman–Crippen MR) is 115 cm³/mol. The molecule has 1 saturated heterocycles. The van der Waals surface area contributed by atoms with Crippen molar-refractivity contribution in [3.8, 4) is 22.9 Å². The van der Waals surface area contributed by atoms with E-state index in [1.165, 1.54) is 19.3 Å². The topological polar surface area (TPSA) is 92.1 Å². The molecule has 8 nitrogen and oxygen atoms in total. The first-order valence-electron chi connectivity index (χ1n) is 10.4. The lowest BCUT2D eigenvalue weighted by atomic mass is 10.1. The smallest absolute Gasteiger partial charge is 0.244 e. The zero-order chi connectivity index (χ0) is 21.2. The van der Waals surface area contributed by atoms with Crippen molar-refractivity contribution in [3.05, 3.63) is 61.4 Å². The molecular weight excluding hydrogens is 390 g/mol. The van der Waals surface area contributed by atoms with Gasteiger partial charge in [0.2, 0.25) is 5.91 Å². The van der Waals surface area contributed by atoms with Crippen molar-refractivity contribution in [2.75, 3.05) is 11.4 Å². The van der Waals surface area contributed by atoms with Crippen LogP contribution in [0.15, 0.2) is 61.4 Å². The lowest BCUT2D eigenvalue weighted by Gasteiger charge is -2.16. The largest absolute Gasteiger partial charge is 0.309 e. The molecule has 6 rings (SSSR count). The quantitative estimate of drug-likeness (QED) is 0.513. The van der Waals surface area contributed by atoms with Crippen LogP contribution < -0.4 is 4.90 Å². The van der Waals surface area contributed by atoms with Crippen LogP contribution in [0.4, 0.5) is 5.69 Å². The van der Waals surface area contributed by atoms with Gasteiger partial charge in [0.25, 0.3) is 0 Å². The van der Waals surface area contributed by atoms with Gasteiger partial charge in [0.1, 0.15) is 5.92 Å². The van der Waals surface area contributed by atoms with E-state index in [1.807, 2.05) is 36.7 Å². The number of rotatable bonds is 3. The molecule has 8 heteroatoms. The van der Waals surface area contributed by atoms with Crippen LogP contribution in [0.2, 0.25) is 0 Å². The van der Waals surface area contributed by atoms with Crippen LogP contribution in [0.25, 0.3) is 22.3 Å². The third-order valence-electron chi connectivity index (χ3n) is 5.32. The van der Waals surface area contributed by atoms with Crippen molar-refractivity contribution in [2.24, 2.45) is 5.92 Å². The van der Waals surface area contributed by atoms with Crippen molar-refractivity contribution in [1.29, 1.82) is 5.26 Å². The summed E-state index contributed by atoms with van der Waals surface area (Å²) in [5.74, 6) is -0.719. The molecule has 2 fully saturated rings. The highest BCUT2D eigenvalue weighted by Crippen LogP contribution is 2.31. The molecular formula is C23H21N7O. The molecule has 1 saturated carbocycles. The van der Waals surface area contributed by atoms with Crippen molar-refractivity contribution < 1.29 is 4.79 Å². The molecule has 0 aromatic carbocycles. The number of anilines is 1. The Balaban J connectivity index is 0.000000628. The van der Waals surface area contributed by atoms with Gasteiger partial charge in [-0.05, 0) is 30.7 Å². The molecule has 1 aliphatic carbocycles. The van der Waals surface area contributed by atoms with Gasteiger partial charge in [0.15, 0.2) is 0 Å². The monoisotopic (exact) mass is 411 g/mol. The van der Waals surface area contributed by atoms with Gasteiger partial charge in [-0.2, -0.15) is 15.5 Å². The molecule has 0 radical (unpaired) electrons. The van der Waals surface area contributed by atoms with Crippen molar-refractivity contribution in [1.82, 2.24) is 24.4 Å². The Labute approximate surface area is 179 Å². The van der Waals surface area contributed by atoms with E-state index in [2.05, 4.69) is 21.3 Å². The molecule has 31 heavy (non-hydrogen) atoms. The highest BCUT2D eigenvalue weighted by Gasteiger charge is 2.33. The fraction of sp³-hybridized carbons (Fsp3) is 0.261. The fourth-order valence-corrected chi connectivity index (χ4v) is 3.53. The SMILES string of the molecule is C1CC1.N#CC1CCN(c2ccnn3cc(-c4cnn(-c5cccnc5)c4)cc23)C1=O. The highest BCUT2D eigenvalue weighted by atomic mass is 16.2. The number of amides is 1. The number of nitrogens with zero attached hydrogens (tertiary/aromatic N) is 7. The summed E-state index contributed by atoms with van der Waals surface area (Å²) in [6, 6.07) is 9.68. The van der Waals surface area contributed by atoms with Crippen LogP contribution in [-0.2, 0) is 4.79 Å². The maximum atomic E-state index is 12.5. The van der Waals surface area contributed by atoms with Crippen LogP contribution in [0.5, 0.6) is 0 Å². The van der Waals surface area contributed by atoms with E-state index in [1.54, 1.807) is 38.9 Å². The van der Waals surface area contributed by atoms with Crippen LogP contribution in [0.3, 0.4) is 0 Å². The van der Waals surface area contributed by atoms with Gasteiger partial charge < -0.3 is 4.90 Å². The lowest BCUT2D eigenvalue weighted by Crippen LogP contribution is -2.27. The first-order valence-corrected chi connectivity index (χ1v) is 10.4. The van der Waals surface area contributed by atoms with Gasteiger partial charge in [-0.15, -0.1) is 0 Å². The number of fused-ring (bicyclic) bond motifs is 1. The van der Waals surface area contributed by atoms with Gasteiger partial charge in [-0.1, -0.05) is 19.3 Å². The number of hydrogen-bond acceptors (Lipinski definition) is 5. The van der Waals surface area contributed by atoms with E-state index >= 15 is 0 Å². The van der Waals surface area contributed by atoms with E-state index in [9.17, 15) is 4.79 Å². The van der Waals surface area contributed by atoms with Gasteiger partial charge in [0, 0.05) is 42.5 Å². The molecule has 4 aromatic rings. The number of hydrogen-bond donors (Lipinski definition) is 0. The van der Waals surface area contributed by atoms with Crippen LogP contribution in [0, 0.1) is 17.2 Å². The standard InChI is InChI=1S/C20H15N7O.C3H6/c21-9-14-4-7-25(20(14)28)18-3-6-23-27-12-15(8-19(18)27)16-10-24-26(13-16)17-2-1-5-22-11-17;1-2-3-1/h1-3,5-6,8,10-14H,4,7H2;1-3H2. The second kappa shape index (κ2) is 8.03. The molecule has 2 aliphatic rings. The summed E-state index contributed by atoms with van der Waals surface area (Å²) in [4.78, 5) is 18.3. The average molecular weight is 411 g/mol. The molecule has 154 valence electrons. The Morgan fingerprint density at radius 1 is 1.03 bits per heavy atom.